The Labute approximate surface area is 74.9 Å². The quantitative estimate of drug-likeness (QED) is 0.440. The van der Waals surface area contributed by atoms with Crippen LogP contribution in [0.2, 0.25) is 0 Å². The molecule has 0 atom stereocenters. The van der Waals surface area contributed by atoms with Gasteiger partial charge in [0.2, 0.25) is 0 Å². The van der Waals surface area contributed by atoms with Crippen molar-refractivity contribution in [3.05, 3.63) is 0 Å². The molecule has 0 rings (SSSR count). The highest BCUT2D eigenvalue weighted by atomic mass is 16.1. The molecular formula is C10H19NO. The van der Waals surface area contributed by atoms with Crippen molar-refractivity contribution >= 4 is 12.0 Å². The normalized spacial score (nSPS) is 9.75. The Morgan fingerprint density at radius 1 is 1.25 bits per heavy atom. The van der Waals surface area contributed by atoms with E-state index >= 15 is 0 Å². The summed E-state index contributed by atoms with van der Waals surface area (Å²) in [5, 5.41) is 6.80. The lowest BCUT2D eigenvalue weighted by Gasteiger charge is -1.97. The summed E-state index contributed by atoms with van der Waals surface area (Å²) in [5.74, 6) is 0.377. The number of hydrogen-bond acceptors (Lipinski definition) is 2. The zero-order valence-electron chi connectivity index (χ0n) is 7.94. The molecule has 0 bridgehead atoms. The van der Waals surface area contributed by atoms with Crippen molar-refractivity contribution in [2.45, 2.75) is 51.9 Å². The van der Waals surface area contributed by atoms with Crippen LogP contribution in [-0.4, -0.2) is 12.0 Å². The molecule has 0 fully saturated rings. The summed E-state index contributed by atoms with van der Waals surface area (Å²) in [5.41, 5.74) is 0. The molecule has 12 heavy (non-hydrogen) atoms. The van der Waals surface area contributed by atoms with E-state index < -0.39 is 0 Å². The summed E-state index contributed by atoms with van der Waals surface area (Å²) >= 11 is 0. The average Bonchev–Trinajstić information content (AvgIpc) is 2.10. The van der Waals surface area contributed by atoms with Crippen molar-refractivity contribution in [1.29, 1.82) is 5.41 Å². The molecule has 2 nitrogen and oxygen atoms in total. The lowest BCUT2D eigenvalue weighted by Crippen LogP contribution is -1.94. The number of ketones is 1. The third-order valence-electron chi connectivity index (χ3n) is 1.95. The lowest BCUT2D eigenvalue weighted by atomic mass is 10.1. The molecule has 1 N–H and O–H groups in total. The fourth-order valence-corrected chi connectivity index (χ4v) is 1.10. The van der Waals surface area contributed by atoms with E-state index in [0.29, 0.717) is 12.2 Å². The fourth-order valence-electron chi connectivity index (χ4n) is 1.10. The van der Waals surface area contributed by atoms with Crippen LogP contribution in [0.5, 0.6) is 0 Å². The van der Waals surface area contributed by atoms with Crippen molar-refractivity contribution in [2.24, 2.45) is 0 Å². The van der Waals surface area contributed by atoms with Crippen LogP contribution < -0.4 is 0 Å². The lowest BCUT2D eigenvalue weighted by molar-refractivity contribution is -0.118. The highest BCUT2D eigenvalue weighted by Gasteiger charge is 1.96. The molecule has 70 valence electrons. The summed E-state index contributed by atoms with van der Waals surface area (Å²) < 4.78 is 0. The smallest absolute Gasteiger partial charge is 0.132 e. The molecule has 0 aromatic carbocycles. The minimum absolute atomic E-state index is 0.377. The van der Waals surface area contributed by atoms with Gasteiger partial charge in [0.05, 0.1) is 0 Å². The first-order valence-corrected chi connectivity index (χ1v) is 4.82. The molecule has 0 spiro atoms. The van der Waals surface area contributed by atoms with Crippen LogP contribution >= 0.6 is 0 Å². The van der Waals surface area contributed by atoms with Gasteiger partial charge in [0, 0.05) is 12.8 Å². The first-order chi connectivity index (χ1) is 5.81. The van der Waals surface area contributed by atoms with E-state index in [1.807, 2.05) is 6.92 Å². The molecule has 0 aromatic heterocycles. The van der Waals surface area contributed by atoms with Gasteiger partial charge in [0.15, 0.2) is 0 Å². The molecule has 0 saturated heterocycles. The highest BCUT2D eigenvalue weighted by molar-refractivity contribution is 5.77. The van der Waals surface area contributed by atoms with Gasteiger partial charge in [0.25, 0.3) is 0 Å². The SMILES string of the molecule is CCC(=O)CCCCCCC=N. The number of rotatable bonds is 8. The number of nitrogens with one attached hydrogen (secondary N) is 1. The summed E-state index contributed by atoms with van der Waals surface area (Å²) in [6, 6.07) is 0. The molecule has 0 aliphatic heterocycles. The fraction of sp³-hybridized carbons (Fsp3) is 0.800. The molecule has 0 aromatic rings. The van der Waals surface area contributed by atoms with Gasteiger partial charge in [0.1, 0.15) is 5.78 Å². The van der Waals surface area contributed by atoms with Gasteiger partial charge in [-0.25, -0.2) is 0 Å². The number of Topliss-reactive ketones (excluding diaryl/α,β-unsaturated/α-hetero) is 1. The van der Waals surface area contributed by atoms with Gasteiger partial charge in [-0.05, 0) is 25.5 Å². The van der Waals surface area contributed by atoms with Crippen molar-refractivity contribution in [3.8, 4) is 0 Å². The number of unbranched alkanes of at least 4 members (excludes halogenated alkanes) is 4. The van der Waals surface area contributed by atoms with E-state index in [9.17, 15) is 4.79 Å². The van der Waals surface area contributed by atoms with E-state index in [4.69, 9.17) is 5.41 Å². The third kappa shape index (κ3) is 7.45. The van der Waals surface area contributed by atoms with E-state index in [0.717, 1.165) is 38.5 Å². The Hall–Kier alpha value is -0.660. The van der Waals surface area contributed by atoms with Crippen molar-refractivity contribution in [2.75, 3.05) is 0 Å². The minimum Gasteiger partial charge on any atom is -0.313 e. The van der Waals surface area contributed by atoms with Gasteiger partial charge in [-0.15, -0.1) is 0 Å². The largest absolute Gasteiger partial charge is 0.313 e. The molecule has 0 saturated carbocycles. The number of hydrogen-bond donors (Lipinski definition) is 1. The molecule has 2 heteroatoms. The Morgan fingerprint density at radius 3 is 2.50 bits per heavy atom. The molecule has 0 heterocycles. The molecule has 0 aliphatic carbocycles. The van der Waals surface area contributed by atoms with Gasteiger partial charge < -0.3 is 5.41 Å². The predicted octanol–water partition coefficient (Wildman–Crippen LogP) is 2.96. The molecule has 0 amide bonds. The summed E-state index contributed by atoms with van der Waals surface area (Å²) in [7, 11) is 0. The maximum Gasteiger partial charge on any atom is 0.132 e. The second-order valence-corrected chi connectivity index (χ2v) is 3.05. The Kier molecular flexibility index (Phi) is 7.97. The van der Waals surface area contributed by atoms with Crippen LogP contribution in [0.1, 0.15) is 51.9 Å². The van der Waals surface area contributed by atoms with E-state index in [2.05, 4.69) is 0 Å². The van der Waals surface area contributed by atoms with E-state index in [1.54, 1.807) is 0 Å². The second kappa shape index (κ2) is 8.44. The van der Waals surface area contributed by atoms with Gasteiger partial charge >= 0.3 is 0 Å². The zero-order valence-corrected chi connectivity index (χ0v) is 7.94. The maximum absolute atomic E-state index is 10.9. The van der Waals surface area contributed by atoms with Crippen LogP contribution in [0.25, 0.3) is 0 Å². The van der Waals surface area contributed by atoms with Gasteiger partial charge in [-0.1, -0.05) is 19.8 Å². The van der Waals surface area contributed by atoms with E-state index in [-0.39, 0.29) is 0 Å². The first kappa shape index (κ1) is 11.3. The van der Waals surface area contributed by atoms with Crippen LogP contribution in [0.4, 0.5) is 0 Å². The maximum atomic E-state index is 10.9. The van der Waals surface area contributed by atoms with Crippen LogP contribution in [0.3, 0.4) is 0 Å². The van der Waals surface area contributed by atoms with Gasteiger partial charge in [-0.3, -0.25) is 4.79 Å². The Balaban J connectivity index is 3.00. The standard InChI is InChI=1S/C10H19NO/c1-2-10(12)8-6-4-3-5-7-9-11/h9,11H,2-8H2,1H3. The van der Waals surface area contributed by atoms with Crippen LogP contribution in [-0.2, 0) is 4.79 Å². The minimum atomic E-state index is 0.377. The number of carbonyl (C=O) groups is 1. The monoisotopic (exact) mass is 169 g/mol. The molecule has 0 aliphatic rings. The summed E-state index contributed by atoms with van der Waals surface area (Å²) in [6.07, 6.45) is 8.21. The van der Waals surface area contributed by atoms with Crippen molar-refractivity contribution in [3.63, 3.8) is 0 Å². The predicted molar refractivity (Wildman–Crippen MR) is 51.8 cm³/mol. The highest BCUT2D eigenvalue weighted by Crippen LogP contribution is 2.05. The third-order valence-corrected chi connectivity index (χ3v) is 1.95. The van der Waals surface area contributed by atoms with Crippen LogP contribution in [0, 0.1) is 5.41 Å². The molecule has 0 unspecified atom stereocenters. The molecular weight excluding hydrogens is 150 g/mol. The summed E-state index contributed by atoms with van der Waals surface area (Å²) in [6.45, 7) is 1.91. The topological polar surface area (TPSA) is 40.9 Å². The zero-order chi connectivity index (χ0) is 9.23. The average molecular weight is 169 g/mol. The number of carbonyl (C=O) groups excluding carboxylic acids is 1. The van der Waals surface area contributed by atoms with E-state index in [1.165, 1.54) is 6.21 Å². The molecule has 0 radical (unpaired) electrons. The van der Waals surface area contributed by atoms with Crippen molar-refractivity contribution < 1.29 is 4.79 Å². The summed E-state index contributed by atoms with van der Waals surface area (Å²) in [4.78, 5) is 10.9. The van der Waals surface area contributed by atoms with Crippen molar-refractivity contribution in [1.82, 2.24) is 0 Å². The first-order valence-electron chi connectivity index (χ1n) is 4.82. The van der Waals surface area contributed by atoms with Gasteiger partial charge in [-0.2, -0.15) is 0 Å². The Morgan fingerprint density at radius 2 is 1.92 bits per heavy atom. The second-order valence-electron chi connectivity index (χ2n) is 3.05. The van der Waals surface area contributed by atoms with Crippen LogP contribution in [0.15, 0.2) is 0 Å². The Bertz CT molecular complexity index is 132.